The third kappa shape index (κ3) is 4.67. The summed E-state index contributed by atoms with van der Waals surface area (Å²) in [6, 6.07) is 13.3. The lowest BCUT2D eigenvalue weighted by atomic mass is 10.2. The van der Waals surface area contributed by atoms with Crippen LogP contribution in [0.2, 0.25) is 5.02 Å². The zero-order valence-electron chi connectivity index (χ0n) is 14.6. The molecule has 1 fully saturated rings. The minimum atomic E-state index is -0.183. The number of hydrogen-bond acceptors (Lipinski definition) is 3. The number of amides is 1. The molecule has 0 aliphatic carbocycles. The largest absolute Gasteiger partial charge is 0.483 e. The van der Waals surface area contributed by atoms with Gasteiger partial charge in [-0.1, -0.05) is 18.5 Å². The van der Waals surface area contributed by atoms with E-state index >= 15 is 0 Å². The van der Waals surface area contributed by atoms with Crippen molar-refractivity contribution in [2.75, 3.05) is 29.9 Å². The number of aryl methyl sites for hydroxylation is 1. The van der Waals surface area contributed by atoms with Crippen LogP contribution in [-0.4, -0.2) is 25.6 Å². The highest BCUT2D eigenvalue weighted by molar-refractivity contribution is 6.30. The number of anilines is 2. The highest BCUT2D eigenvalue weighted by Crippen LogP contribution is 2.25. The molecule has 1 aliphatic heterocycles. The monoisotopic (exact) mass is 358 g/mol. The maximum Gasteiger partial charge on any atom is 0.262 e. The highest BCUT2D eigenvalue weighted by Gasteiger charge is 2.18. The third-order valence-electron chi connectivity index (χ3n) is 4.44. The number of hydrogen-bond donors (Lipinski definition) is 1. The molecule has 1 amide bonds. The smallest absolute Gasteiger partial charge is 0.262 e. The second-order valence-electron chi connectivity index (χ2n) is 6.63. The van der Waals surface area contributed by atoms with Crippen LogP contribution in [0.3, 0.4) is 0 Å². The van der Waals surface area contributed by atoms with Gasteiger partial charge in [0, 0.05) is 29.5 Å². The van der Waals surface area contributed by atoms with Crippen molar-refractivity contribution in [3.63, 3.8) is 0 Å². The van der Waals surface area contributed by atoms with Gasteiger partial charge in [-0.3, -0.25) is 4.79 Å². The lowest BCUT2D eigenvalue weighted by molar-refractivity contribution is -0.118. The molecule has 5 heteroatoms. The van der Waals surface area contributed by atoms with Gasteiger partial charge in [-0.05, 0) is 67.3 Å². The van der Waals surface area contributed by atoms with E-state index in [-0.39, 0.29) is 12.5 Å². The molecule has 1 heterocycles. The van der Waals surface area contributed by atoms with Gasteiger partial charge in [0.25, 0.3) is 5.91 Å². The first-order chi connectivity index (χ1) is 12.0. The molecule has 4 nitrogen and oxygen atoms in total. The molecule has 0 saturated carbocycles. The minimum absolute atomic E-state index is 0.0339. The third-order valence-corrected chi connectivity index (χ3v) is 4.67. The SMILES string of the molecule is Cc1cc(Cl)ccc1OCC(=O)Nc1ccc(N2CCC(C)C2)cc1. The van der Waals surface area contributed by atoms with Crippen molar-refractivity contribution < 1.29 is 9.53 Å². The number of carbonyl (C=O) groups excluding carboxylic acids is 1. The first-order valence-electron chi connectivity index (χ1n) is 8.55. The maximum absolute atomic E-state index is 12.1. The number of ether oxygens (including phenoxy) is 1. The van der Waals surface area contributed by atoms with Crippen LogP contribution in [0.4, 0.5) is 11.4 Å². The Kier molecular flexibility index (Phi) is 5.49. The fraction of sp³-hybridized carbons (Fsp3) is 0.350. The Bertz CT molecular complexity index is 746. The van der Waals surface area contributed by atoms with Crippen molar-refractivity contribution in [2.45, 2.75) is 20.3 Å². The van der Waals surface area contributed by atoms with Crippen molar-refractivity contribution in [3.05, 3.63) is 53.1 Å². The molecule has 1 atom stereocenters. The number of nitrogens with one attached hydrogen (secondary N) is 1. The van der Waals surface area contributed by atoms with E-state index < -0.39 is 0 Å². The Balaban J connectivity index is 1.52. The molecule has 25 heavy (non-hydrogen) atoms. The Labute approximate surface area is 153 Å². The number of rotatable bonds is 5. The molecular formula is C20H23ClN2O2. The molecule has 1 saturated heterocycles. The fourth-order valence-corrected chi connectivity index (χ4v) is 3.27. The topological polar surface area (TPSA) is 41.6 Å². The molecular weight excluding hydrogens is 336 g/mol. The summed E-state index contributed by atoms with van der Waals surface area (Å²) >= 11 is 5.92. The minimum Gasteiger partial charge on any atom is -0.483 e. The normalized spacial score (nSPS) is 16.8. The fourth-order valence-electron chi connectivity index (χ4n) is 3.04. The molecule has 0 aromatic heterocycles. The number of benzene rings is 2. The molecule has 0 bridgehead atoms. The number of halogens is 1. The first-order valence-corrected chi connectivity index (χ1v) is 8.93. The molecule has 1 aliphatic rings. The van der Waals surface area contributed by atoms with E-state index in [1.54, 1.807) is 12.1 Å². The van der Waals surface area contributed by atoms with Crippen LogP contribution in [0.25, 0.3) is 0 Å². The van der Waals surface area contributed by atoms with Crippen LogP contribution in [-0.2, 0) is 4.79 Å². The van der Waals surface area contributed by atoms with E-state index in [1.807, 2.05) is 25.1 Å². The van der Waals surface area contributed by atoms with E-state index in [1.165, 1.54) is 12.1 Å². The Morgan fingerprint density at radius 2 is 2.04 bits per heavy atom. The summed E-state index contributed by atoms with van der Waals surface area (Å²) in [6.07, 6.45) is 1.24. The van der Waals surface area contributed by atoms with Crippen LogP contribution in [0, 0.1) is 12.8 Å². The second-order valence-corrected chi connectivity index (χ2v) is 7.07. The lowest BCUT2D eigenvalue weighted by Crippen LogP contribution is -2.21. The summed E-state index contributed by atoms with van der Waals surface area (Å²) in [5, 5.41) is 3.52. The maximum atomic E-state index is 12.1. The van der Waals surface area contributed by atoms with Gasteiger partial charge in [-0.25, -0.2) is 0 Å². The molecule has 3 rings (SSSR count). The van der Waals surface area contributed by atoms with Crippen molar-refractivity contribution in [3.8, 4) is 5.75 Å². The summed E-state index contributed by atoms with van der Waals surface area (Å²) in [5.74, 6) is 1.22. The van der Waals surface area contributed by atoms with Gasteiger partial charge >= 0.3 is 0 Å². The van der Waals surface area contributed by atoms with E-state index in [2.05, 4.69) is 29.3 Å². The van der Waals surface area contributed by atoms with Gasteiger partial charge in [-0.15, -0.1) is 0 Å². The molecule has 1 unspecified atom stereocenters. The second kappa shape index (κ2) is 7.79. The molecule has 2 aromatic carbocycles. The predicted octanol–water partition coefficient (Wildman–Crippen LogP) is 4.51. The molecule has 0 spiro atoms. The predicted molar refractivity (Wildman–Crippen MR) is 103 cm³/mol. The van der Waals surface area contributed by atoms with Crippen LogP contribution in [0.1, 0.15) is 18.9 Å². The van der Waals surface area contributed by atoms with E-state index in [0.717, 1.165) is 30.3 Å². The quantitative estimate of drug-likeness (QED) is 0.854. The van der Waals surface area contributed by atoms with E-state index in [4.69, 9.17) is 16.3 Å². The summed E-state index contributed by atoms with van der Waals surface area (Å²) in [4.78, 5) is 14.5. The van der Waals surface area contributed by atoms with Crippen LogP contribution >= 0.6 is 11.6 Å². The van der Waals surface area contributed by atoms with Crippen LogP contribution in [0.5, 0.6) is 5.75 Å². The van der Waals surface area contributed by atoms with Crippen molar-refractivity contribution in [2.24, 2.45) is 5.92 Å². The summed E-state index contributed by atoms with van der Waals surface area (Å²) in [6.45, 7) is 6.34. The van der Waals surface area contributed by atoms with Gasteiger partial charge in [0.05, 0.1) is 0 Å². The lowest BCUT2D eigenvalue weighted by Gasteiger charge is -2.18. The number of carbonyl (C=O) groups is 1. The summed E-state index contributed by atoms with van der Waals surface area (Å²) < 4.78 is 5.56. The van der Waals surface area contributed by atoms with Gasteiger partial charge in [0.2, 0.25) is 0 Å². The van der Waals surface area contributed by atoms with E-state index in [0.29, 0.717) is 10.8 Å². The molecule has 2 aromatic rings. The van der Waals surface area contributed by atoms with Crippen molar-refractivity contribution in [1.82, 2.24) is 0 Å². The Morgan fingerprint density at radius 1 is 1.28 bits per heavy atom. The highest BCUT2D eigenvalue weighted by atomic mass is 35.5. The van der Waals surface area contributed by atoms with Crippen molar-refractivity contribution >= 4 is 28.9 Å². The zero-order valence-corrected chi connectivity index (χ0v) is 15.3. The van der Waals surface area contributed by atoms with Gasteiger partial charge in [-0.2, -0.15) is 0 Å². The summed E-state index contributed by atoms with van der Waals surface area (Å²) in [7, 11) is 0. The summed E-state index contributed by atoms with van der Waals surface area (Å²) in [5.41, 5.74) is 2.89. The average Bonchev–Trinajstić information content (AvgIpc) is 3.01. The first kappa shape index (κ1) is 17.6. The molecule has 132 valence electrons. The molecule has 0 radical (unpaired) electrons. The van der Waals surface area contributed by atoms with Crippen LogP contribution < -0.4 is 15.0 Å². The van der Waals surface area contributed by atoms with Gasteiger partial charge in [0.1, 0.15) is 5.75 Å². The Hall–Kier alpha value is -2.20. The van der Waals surface area contributed by atoms with Gasteiger partial charge in [0.15, 0.2) is 6.61 Å². The van der Waals surface area contributed by atoms with Crippen molar-refractivity contribution in [1.29, 1.82) is 0 Å². The van der Waals surface area contributed by atoms with Gasteiger partial charge < -0.3 is 15.0 Å². The standard InChI is InChI=1S/C20H23ClN2O2/c1-14-9-10-23(12-14)18-6-4-17(5-7-18)22-20(24)13-25-19-8-3-16(21)11-15(19)2/h3-8,11,14H,9-10,12-13H2,1-2H3,(H,22,24). The van der Waals surface area contributed by atoms with Crippen LogP contribution in [0.15, 0.2) is 42.5 Å². The zero-order chi connectivity index (χ0) is 17.8. The molecule has 1 N–H and O–H groups in total. The Morgan fingerprint density at radius 3 is 2.68 bits per heavy atom. The van der Waals surface area contributed by atoms with E-state index in [9.17, 15) is 4.79 Å². The average molecular weight is 359 g/mol. The number of nitrogens with zero attached hydrogens (tertiary/aromatic N) is 1.